The minimum Gasteiger partial charge on any atom is -0.495 e. The Kier molecular flexibility index (Phi) is 5.21. The molecule has 0 spiro atoms. The highest BCUT2D eigenvalue weighted by atomic mass is 35.5. The Labute approximate surface area is 135 Å². The van der Waals surface area contributed by atoms with Crippen LogP contribution in [0.25, 0.3) is 0 Å². The molecule has 1 N–H and O–H groups in total. The molecule has 0 saturated carbocycles. The molecule has 0 unspecified atom stereocenters. The molecule has 0 aliphatic heterocycles. The number of benzene rings is 2. The van der Waals surface area contributed by atoms with E-state index in [0.29, 0.717) is 22.3 Å². The van der Waals surface area contributed by atoms with Gasteiger partial charge in [0, 0.05) is 25.7 Å². The van der Waals surface area contributed by atoms with Gasteiger partial charge in [0.15, 0.2) is 0 Å². The average Bonchev–Trinajstić information content (AvgIpc) is 2.45. The molecule has 0 radical (unpaired) electrons. The third kappa shape index (κ3) is 3.96. The number of methoxy groups -OCH3 is 1. The Hall–Kier alpha value is -1.58. The van der Waals surface area contributed by atoms with E-state index in [9.17, 15) is 0 Å². The summed E-state index contributed by atoms with van der Waals surface area (Å²) in [5.41, 5.74) is 3.14. The monoisotopic (exact) mass is 324 g/mol. The molecular weight excluding hydrogens is 307 g/mol. The van der Waals surface area contributed by atoms with Crippen molar-refractivity contribution in [3.8, 4) is 5.75 Å². The summed E-state index contributed by atoms with van der Waals surface area (Å²) < 4.78 is 5.15. The Morgan fingerprint density at radius 1 is 1.10 bits per heavy atom. The standard InChI is InChI=1S/C16H18Cl2N2O/c1-20(2)15-6-5-12(17)9-14(15)19-10-11-4-7-16(21-3)13(18)8-11/h4-9,19H,10H2,1-3H3. The van der Waals surface area contributed by atoms with Crippen molar-refractivity contribution in [2.24, 2.45) is 0 Å². The molecule has 3 nitrogen and oxygen atoms in total. The molecule has 2 aromatic rings. The molecule has 21 heavy (non-hydrogen) atoms. The van der Waals surface area contributed by atoms with Gasteiger partial charge in [0.25, 0.3) is 0 Å². The number of rotatable bonds is 5. The van der Waals surface area contributed by atoms with Gasteiger partial charge in [-0.3, -0.25) is 0 Å². The van der Waals surface area contributed by atoms with Gasteiger partial charge in [-0.25, -0.2) is 0 Å². The number of nitrogens with zero attached hydrogens (tertiary/aromatic N) is 1. The minimum absolute atomic E-state index is 0.607. The number of ether oxygens (including phenoxy) is 1. The van der Waals surface area contributed by atoms with Gasteiger partial charge in [0.2, 0.25) is 0 Å². The highest BCUT2D eigenvalue weighted by molar-refractivity contribution is 6.32. The van der Waals surface area contributed by atoms with Crippen LogP contribution in [0.2, 0.25) is 10.0 Å². The van der Waals surface area contributed by atoms with Crippen LogP contribution in [0, 0.1) is 0 Å². The second-order valence-corrected chi connectivity index (χ2v) is 5.72. The van der Waals surface area contributed by atoms with E-state index >= 15 is 0 Å². The maximum absolute atomic E-state index is 6.14. The van der Waals surface area contributed by atoms with E-state index in [1.165, 1.54) is 0 Å². The Balaban J connectivity index is 2.16. The second-order valence-electron chi connectivity index (χ2n) is 4.88. The number of anilines is 2. The molecule has 0 aliphatic rings. The third-order valence-electron chi connectivity index (χ3n) is 3.14. The van der Waals surface area contributed by atoms with Crippen LogP contribution in [0.4, 0.5) is 11.4 Å². The molecule has 0 saturated heterocycles. The predicted octanol–water partition coefficient (Wildman–Crippen LogP) is 4.68. The predicted molar refractivity (Wildman–Crippen MR) is 91.1 cm³/mol. The largest absolute Gasteiger partial charge is 0.495 e. The summed E-state index contributed by atoms with van der Waals surface area (Å²) >= 11 is 12.2. The van der Waals surface area contributed by atoms with E-state index in [1.807, 2.05) is 55.4 Å². The first kappa shape index (κ1) is 15.8. The lowest BCUT2D eigenvalue weighted by Crippen LogP contribution is -2.12. The fourth-order valence-electron chi connectivity index (χ4n) is 2.06. The molecule has 112 valence electrons. The Bertz CT molecular complexity index is 630. The van der Waals surface area contributed by atoms with Crippen molar-refractivity contribution in [2.75, 3.05) is 31.4 Å². The van der Waals surface area contributed by atoms with E-state index in [4.69, 9.17) is 27.9 Å². The molecule has 0 aliphatic carbocycles. The van der Waals surface area contributed by atoms with Crippen molar-refractivity contribution in [1.82, 2.24) is 0 Å². The molecule has 2 aromatic carbocycles. The molecule has 0 atom stereocenters. The molecule has 0 heterocycles. The third-order valence-corrected chi connectivity index (χ3v) is 3.67. The first-order chi connectivity index (χ1) is 10.0. The van der Waals surface area contributed by atoms with Gasteiger partial charge in [0.1, 0.15) is 5.75 Å². The van der Waals surface area contributed by atoms with Crippen molar-refractivity contribution in [3.63, 3.8) is 0 Å². The van der Waals surface area contributed by atoms with Crippen molar-refractivity contribution >= 4 is 34.6 Å². The maximum Gasteiger partial charge on any atom is 0.137 e. The van der Waals surface area contributed by atoms with Gasteiger partial charge in [-0.2, -0.15) is 0 Å². The van der Waals surface area contributed by atoms with Gasteiger partial charge in [-0.05, 0) is 35.9 Å². The molecule has 0 bridgehead atoms. The summed E-state index contributed by atoms with van der Waals surface area (Å²) in [6.45, 7) is 0.658. The SMILES string of the molecule is COc1ccc(CNc2cc(Cl)ccc2N(C)C)cc1Cl. The number of hydrogen-bond donors (Lipinski definition) is 1. The summed E-state index contributed by atoms with van der Waals surface area (Å²) in [6, 6.07) is 11.5. The van der Waals surface area contributed by atoms with Gasteiger partial charge in [-0.15, -0.1) is 0 Å². The highest BCUT2D eigenvalue weighted by Crippen LogP contribution is 2.29. The van der Waals surface area contributed by atoms with E-state index in [0.717, 1.165) is 16.9 Å². The second kappa shape index (κ2) is 6.92. The molecule has 0 amide bonds. The summed E-state index contributed by atoms with van der Waals surface area (Å²) in [4.78, 5) is 2.04. The van der Waals surface area contributed by atoms with E-state index < -0.39 is 0 Å². The van der Waals surface area contributed by atoms with Crippen molar-refractivity contribution < 1.29 is 4.74 Å². The molecule has 5 heteroatoms. The first-order valence-corrected chi connectivity index (χ1v) is 7.30. The van der Waals surface area contributed by atoms with Crippen LogP contribution < -0.4 is 15.0 Å². The van der Waals surface area contributed by atoms with Crippen molar-refractivity contribution in [1.29, 1.82) is 0 Å². The minimum atomic E-state index is 0.607. The van der Waals surface area contributed by atoms with Crippen LogP contribution in [-0.2, 0) is 6.54 Å². The van der Waals surface area contributed by atoms with Gasteiger partial charge in [-0.1, -0.05) is 29.3 Å². The normalized spacial score (nSPS) is 10.3. The summed E-state index contributed by atoms with van der Waals surface area (Å²) in [5, 5.41) is 4.70. The van der Waals surface area contributed by atoms with Crippen molar-refractivity contribution in [2.45, 2.75) is 6.54 Å². The van der Waals surface area contributed by atoms with Gasteiger partial charge < -0.3 is 15.0 Å². The van der Waals surface area contributed by atoms with E-state index in [-0.39, 0.29) is 0 Å². The lowest BCUT2D eigenvalue weighted by molar-refractivity contribution is 0.415. The summed E-state index contributed by atoms with van der Waals surface area (Å²) in [5.74, 6) is 0.678. The number of halogens is 2. The van der Waals surface area contributed by atoms with Crippen molar-refractivity contribution in [3.05, 3.63) is 52.0 Å². The zero-order valence-corrected chi connectivity index (χ0v) is 13.8. The quantitative estimate of drug-likeness (QED) is 0.864. The lowest BCUT2D eigenvalue weighted by atomic mass is 10.2. The van der Waals surface area contributed by atoms with Crippen LogP contribution in [0.3, 0.4) is 0 Å². The zero-order chi connectivity index (χ0) is 15.4. The van der Waals surface area contributed by atoms with Crippen LogP contribution in [0.1, 0.15) is 5.56 Å². The highest BCUT2D eigenvalue weighted by Gasteiger charge is 2.06. The lowest BCUT2D eigenvalue weighted by Gasteiger charge is -2.19. The smallest absolute Gasteiger partial charge is 0.137 e. The van der Waals surface area contributed by atoms with Crippen LogP contribution in [0.15, 0.2) is 36.4 Å². The van der Waals surface area contributed by atoms with E-state index in [1.54, 1.807) is 7.11 Å². The average molecular weight is 325 g/mol. The molecule has 2 rings (SSSR count). The zero-order valence-electron chi connectivity index (χ0n) is 12.3. The van der Waals surface area contributed by atoms with Crippen LogP contribution in [0.5, 0.6) is 5.75 Å². The van der Waals surface area contributed by atoms with Crippen LogP contribution >= 0.6 is 23.2 Å². The summed E-state index contributed by atoms with van der Waals surface area (Å²) in [7, 11) is 5.60. The van der Waals surface area contributed by atoms with Gasteiger partial charge >= 0.3 is 0 Å². The number of nitrogens with one attached hydrogen (secondary N) is 1. The summed E-state index contributed by atoms with van der Waals surface area (Å²) in [6.07, 6.45) is 0. The maximum atomic E-state index is 6.14. The molecular formula is C16H18Cl2N2O. The Morgan fingerprint density at radius 2 is 1.86 bits per heavy atom. The Morgan fingerprint density at radius 3 is 2.48 bits per heavy atom. The fourth-order valence-corrected chi connectivity index (χ4v) is 2.51. The number of hydrogen-bond acceptors (Lipinski definition) is 3. The molecule has 0 aromatic heterocycles. The topological polar surface area (TPSA) is 24.5 Å². The van der Waals surface area contributed by atoms with E-state index in [2.05, 4.69) is 5.32 Å². The van der Waals surface area contributed by atoms with Gasteiger partial charge in [0.05, 0.1) is 23.5 Å². The van der Waals surface area contributed by atoms with Crippen LogP contribution in [-0.4, -0.2) is 21.2 Å². The molecule has 0 fully saturated rings. The fraction of sp³-hybridized carbons (Fsp3) is 0.250. The first-order valence-electron chi connectivity index (χ1n) is 6.54.